The number of benzene rings is 2. The smallest absolute Gasteiger partial charge is 0.338 e. The molecule has 0 radical (unpaired) electrons. The monoisotopic (exact) mass is 512 g/mol. The molecule has 2 aromatic rings. The third-order valence-electron chi connectivity index (χ3n) is 6.39. The molecule has 190 valence electrons. The number of urea groups is 1. The van der Waals surface area contributed by atoms with Crippen molar-refractivity contribution in [2.45, 2.75) is 13.0 Å². The minimum atomic E-state index is -0.676. The van der Waals surface area contributed by atoms with Crippen LogP contribution in [0.25, 0.3) is 0 Å². The summed E-state index contributed by atoms with van der Waals surface area (Å²) in [6, 6.07) is 12.8. The fourth-order valence-electron chi connectivity index (χ4n) is 4.62. The average molecular weight is 513 g/mol. The zero-order valence-electron chi connectivity index (χ0n) is 20.3. The van der Waals surface area contributed by atoms with Crippen LogP contribution in [0, 0.1) is 5.82 Å². The first-order valence-electron chi connectivity index (χ1n) is 12.0. The van der Waals surface area contributed by atoms with E-state index in [2.05, 4.69) is 16.8 Å². The van der Waals surface area contributed by atoms with Crippen LogP contribution < -0.4 is 10.2 Å². The van der Waals surface area contributed by atoms with Gasteiger partial charge in [0.25, 0.3) is 0 Å². The number of nitrogens with zero attached hydrogens (tertiary/aromatic N) is 3. The van der Waals surface area contributed by atoms with E-state index in [4.69, 9.17) is 16.3 Å². The molecule has 1 saturated heterocycles. The summed E-state index contributed by atoms with van der Waals surface area (Å²) in [5.74, 6) is -0.725. The lowest BCUT2D eigenvalue weighted by molar-refractivity contribution is -0.139. The zero-order valence-corrected chi connectivity index (χ0v) is 21.0. The maximum absolute atomic E-state index is 14.3. The van der Waals surface area contributed by atoms with Crippen LogP contribution in [0.15, 0.2) is 72.5 Å². The van der Waals surface area contributed by atoms with Gasteiger partial charge in [0.1, 0.15) is 5.82 Å². The van der Waals surface area contributed by atoms with E-state index >= 15 is 0 Å². The lowest BCUT2D eigenvalue weighted by Gasteiger charge is -2.41. The number of nitrogens with one attached hydrogen (secondary N) is 1. The summed E-state index contributed by atoms with van der Waals surface area (Å²) in [5.41, 5.74) is 2.28. The van der Waals surface area contributed by atoms with Crippen LogP contribution in [0.2, 0.25) is 5.02 Å². The van der Waals surface area contributed by atoms with Gasteiger partial charge >= 0.3 is 12.0 Å². The van der Waals surface area contributed by atoms with Crippen molar-refractivity contribution in [3.8, 4) is 0 Å². The van der Waals surface area contributed by atoms with Gasteiger partial charge in [0.2, 0.25) is 0 Å². The Morgan fingerprint density at radius 2 is 1.86 bits per heavy atom. The molecule has 1 fully saturated rings. The van der Waals surface area contributed by atoms with Crippen LogP contribution in [-0.4, -0.2) is 67.7 Å². The Morgan fingerprint density at radius 1 is 1.17 bits per heavy atom. The van der Waals surface area contributed by atoms with E-state index in [9.17, 15) is 14.0 Å². The van der Waals surface area contributed by atoms with E-state index in [-0.39, 0.29) is 25.0 Å². The molecule has 2 aliphatic rings. The molecule has 9 heteroatoms. The molecule has 1 atom stereocenters. The van der Waals surface area contributed by atoms with Gasteiger partial charge in [0.05, 0.1) is 23.9 Å². The molecule has 2 heterocycles. The number of carbonyl (C=O) groups is 2. The summed E-state index contributed by atoms with van der Waals surface area (Å²) in [6.07, 6.45) is 1.63. The summed E-state index contributed by atoms with van der Waals surface area (Å²) in [4.78, 5) is 32.1. The number of ether oxygens (including phenoxy) is 1. The third-order valence-corrected chi connectivity index (χ3v) is 6.64. The summed E-state index contributed by atoms with van der Waals surface area (Å²) in [6.45, 7) is 8.88. The predicted octanol–water partition coefficient (Wildman–Crippen LogP) is 4.37. The van der Waals surface area contributed by atoms with Crippen molar-refractivity contribution in [3.63, 3.8) is 0 Å². The summed E-state index contributed by atoms with van der Waals surface area (Å²) in [7, 11) is 0. The Bertz CT molecular complexity index is 1150. The van der Waals surface area contributed by atoms with Crippen molar-refractivity contribution >= 4 is 29.3 Å². The fraction of sp³-hybridized carbons (Fsp3) is 0.333. The quantitative estimate of drug-likeness (QED) is 0.420. The fourth-order valence-corrected chi connectivity index (χ4v) is 4.74. The Labute approximate surface area is 215 Å². The van der Waals surface area contributed by atoms with Gasteiger partial charge in [0.15, 0.2) is 0 Å². The molecule has 2 aliphatic heterocycles. The van der Waals surface area contributed by atoms with Gasteiger partial charge in [0, 0.05) is 50.0 Å². The second-order valence-electron chi connectivity index (χ2n) is 8.63. The van der Waals surface area contributed by atoms with Crippen LogP contribution in [-0.2, 0) is 9.53 Å². The third kappa shape index (κ3) is 5.55. The van der Waals surface area contributed by atoms with E-state index in [0.29, 0.717) is 54.7 Å². The number of esters is 1. The number of para-hydroxylation sites is 1. The number of rotatable bonds is 8. The zero-order chi connectivity index (χ0) is 25.7. The molecule has 0 aromatic heterocycles. The first kappa shape index (κ1) is 25.7. The molecule has 0 aliphatic carbocycles. The van der Waals surface area contributed by atoms with Crippen LogP contribution >= 0.6 is 11.6 Å². The summed E-state index contributed by atoms with van der Waals surface area (Å²) in [5, 5.41) is 3.51. The lowest BCUT2D eigenvalue weighted by atomic mass is 9.94. The number of halogens is 2. The highest BCUT2D eigenvalue weighted by Crippen LogP contribution is 2.33. The lowest BCUT2D eigenvalue weighted by Crippen LogP contribution is -2.53. The Morgan fingerprint density at radius 3 is 2.50 bits per heavy atom. The first-order valence-corrected chi connectivity index (χ1v) is 12.4. The SMILES string of the molecule is C=CCN1C(=O)NC(c2ccc(Cl)cc2)C(C(=O)OCC)=C1CN1CCN(c2ccccc2F)CC1. The van der Waals surface area contributed by atoms with E-state index in [1.807, 2.05) is 11.0 Å². The molecule has 2 amide bonds. The second-order valence-corrected chi connectivity index (χ2v) is 9.07. The molecule has 7 nitrogen and oxygen atoms in total. The molecule has 0 spiro atoms. The van der Waals surface area contributed by atoms with E-state index in [1.165, 1.54) is 11.0 Å². The van der Waals surface area contributed by atoms with Crippen molar-refractivity contribution in [2.75, 3.05) is 50.8 Å². The molecular formula is C27H30ClFN4O3. The van der Waals surface area contributed by atoms with E-state index in [0.717, 1.165) is 5.56 Å². The number of anilines is 1. The van der Waals surface area contributed by atoms with Crippen molar-refractivity contribution in [1.29, 1.82) is 0 Å². The van der Waals surface area contributed by atoms with Gasteiger partial charge in [-0.3, -0.25) is 9.80 Å². The van der Waals surface area contributed by atoms with Crippen molar-refractivity contribution < 1.29 is 18.7 Å². The van der Waals surface area contributed by atoms with Crippen LogP contribution in [0.4, 0.5) is 14.9 Å². The Hall–Kier alpha value is -3.36. The van der Waals surface area contributed by atoms with Gasteiger partial charge in [-0.1, -0.05) is 41.9 Å². The molecule has 36 heavy (non-hydrogen) atoms. The maximum atomic E-state index is 14.3. The molecule has 1 N–H and O–H groups in total. The van der Waals surface area contributed by atoms with Gasteiger partial charge in [-0.25, -0.2) is 14.0 Å². The Kier molecular flexibility index (Phi) is 8.28. The molecule has 4 rings (SSSR count). The van der Waals surface area contributed by atoms with Gasteiger partial charge in [-0.2, -0.15) is 0 Å². The summed E-state index contributed by atoms with van der Waals surface area (Å²) >= 11 is 6.07. The first-order chi connectivity index (χ1) is 17.4. The number of piperazine rings is 1. The number of amides is 2. The standard InChI is InChI=1S/C27H30ClFN4O3/c1-3-13-33-23(18-31-14-16-32(17-15-31)22-8-6-5-7-21(22)29)24(26(34)36-4-2)25(30-27(33)35)19-9-11-20(28)12-10-19/h3,5-12,25H,1,4,13-18H2,2H3,(H,30,35). The molecule has 1 unspecified atom stereocenters. The van der Waals surface area contributed by atoms with Crippen molar-refractivity contribution in [3.05, 3.63) is 88.9 Å². The minimum Gasteiger partial charge on any atom is -0.463 e. The van der Waals surface area contributed by atoms with Gasteiger partial charge < -0.3 is 15.0 Å². The van der Waals surface area contributed by atoms with E-state index < -0.39 is 12.0 Å². The van der Waals surface area contributed by atoms with Gasteiger partial charge in [-0.05, 0) is 36.8 Å². The molecular weight excluding hydrogens is 483 g/mol. The number of carbonyl (C=O) groups excluding carboxylic acids is 2. The van der Waals surface area contributed by atoms with Crippen molar-refractivity contribution in [1.82, 2.24) is 15.1 Å². The largest absolute Gasteiger partial charge is 0.463 e. The number of hydrogen-bond acceptors (Lipinski definition) is 5. The topological polar surface area (TPSA) is 65.1 Å². The highest BCUT2D eigenvalue weighted by Gasteiger charge is 2.38. The van der Waals surface area contributed by atoms with Crippen molar-refractivity contribution in [2.24, 2.45) is 0 Å². The van der Waals surface area contributed by atoms with Crippen LogP contribution in [0.5, 0.6) is 0 Å². The Balaban J connectivity index is 1.65. The predicted molar refractivity (Wildman–Crippen MR) is 138 cm³/mol. The minimum absolute atomic E-state index is 0.208. The molecule has 0 saturated carbocycles. The maximum Gasteiger partial charge on any atom is 0.338 e. The molecule has 2 aromatic carbocycles. The second kappa shape index (κ2) is 11.6. The number of hydrogen-bond donors (Lipinski definition) is 1. The highest BCUT2D eigenvalue weighted by atomic mass is 35.5. The summed E-state index contributed by atoms with van der Waals surface area (Å²) < 4.78 is 19.7. The van der Waals surface area contributed by atoms with Crippen LogP contribution in [0.3, 0.4) is 0 Å². The van der Waals surface area contributed by atoms with Gasteiger partial charge in [-0.15, -0.1) is 6.58 Å². The average Bonchev–Trinajstić information content (AvgIpc) is 2.87. The van der Waals surface area contributed by atoms with Crippen LogP contribution in [0.1, 0.15) is 18.5 Å². The highest BCUT2D eigenvalue weighted by molar-refractivity contribution is 6.30. The normalized spacial score (nSPS) is 18.8. The van der Waals surface area contributed by atoms with E-state index in [1.54, 1.807) is 49.4 Å². The molecule has 0 bridgehead atoms.